The Morgan fingerprint density at radius 1 is 1.00 bits per heavy atom. The Kier molecular flexibility index (Phi) is 1.25. The van der Waals surface area contributed by atoms with Gasteiger partial charge in [0.25, 0.3) is 0 Å². The Morgan fingerprint density at radius 2 is 1.82 bits per heavy atom. The molecule has 0 amide bonds. The first-order chi connectivity index (χ1) is 11.6. The average molecular weight is 235 g/mol. The van der Waals surface area contributed by atoms with Gasteiger partial charge < -0.3 is 0 Å². The van der Waals surface area contributed by atoms with Crippen LogP contribution in [-0.4, -0.2) is 0 Å². The molecule has 0 aliphatic rings. The molecule has 2 aromatic rings. The number of aromatic nitrogens is 1. The van der Waals surface area contributed by atoms with Gasteiger partial charge in [-0.1, -0.05) is 17.7 Å². The lowest BCUT2D eigenvalue weighted by molar-refractivity contribution is -0.660. The van der Waals surface area contributed by atoms with Gasteiger partial charge in [-0.2, -0.15) is 0 Å². The van der Waals surface area contributed by atoms with Crippen molar-refractivity contribution in [2.75, 3.05) is 0 Å². The predicted octanol–water partition coefficient (Wildman–Crippen LogP) is 3.41. The second-order valence-corrected chi connectivity index (χ2v) is 4.13. The highest BCUT2D eigenvalue weighted by molar-refractivity contribution is 5.62. The summed E-state index contributed by atoms with van der Waals surface area (Å²) in [4.78, 5) is 0. The number of hydrogen-bond donors (Lipinski definition) is 0. The predicted molar refractivity (Wildman–Crippen MR) is 72.0 cm³/mol. The van der Waals surface area contributed by atoms with Crippen LogP contribution >= 0.6 is 0 Å². The van der Waals surface area contributed by atoms with Gasteiger partial charge in [-0.25, -0.2) is 4.57 Å². The van der Waals surface area contributed by atoms with Crippen molar-refractivity contribution in [3.05, 3.63) is 52.7 Å². The molecule has 0 bridgehead atoms. The first kappa shape index (κ1) is 4.93. The fraction of sp³-hybridized carbons (Fsp3) is 0.312. The fourth-order valence-corrected chi connectivity index (χ4v) is 1.81. The molecule has 0 aliphatic heterocycles. The van der Waals surface area contributed by atoms with E-state index in [1.54, 1.807) is 20.0 Å². The van der Waals surface area contributed by atoms with Gasteiger partial charge in [0.2, 0.25) is 5.69 Å². The molecule has 0 N–H and O–H groups in total. The minimum absolute atomic E-state index is 0.133. The van der Waals surface area contributed by atoms with Gasteiger partial charge in [0, 0.05) is 29.5 Å². The lowest BCUT2D eigenvalue weighted by atomic mass is 10.00. The van der Waals surface area contributed by atoms with Crippen molar-refractivity contribution in [2.45, 2.75) is 27.5 Å². The molecule has 1 heteroatoms. The Labute approximate surface area is 116 Å². The van der Waals surface area contributed by atoms with Crippen LogP contribution in [0.2, 0.25) is 0 Å². The van der Waals surface area contributed by atoms with E-state index in [0.717, 1.165) is 5.56 Å². The zero-order valence-corrected chi connectivity index (χ0v) is 9.83. The van der Waals surface area contributed by atoms with Crippen molar-refractivity contribution >= 4 is 0 Å². The van der Waals surface area contributed by atoms with E-state index < -0.39 is 20.6 Å². The quantitative estimate of drug-likeness (QED) is 0.667. The van der Waals surface area contributed by atoms with E-state index in [4.69, 9.17) is 12.3 Å². The van der Waals surface area contributed by atoms with Crippen molar-refractivity contribution < 1.29 is 16.9 Å². The van der Waals surface area contributed by atoms with Crippen molar-refractivity contribution in [1.29, 1.82) is 0 Å². The monoisotopic (exact) mass is 235 g/mol. The molecule has 0 saturated heterocycles. The lowest BCUT2D eigenvalue weighted by Crippen LogP contribution is -2.31. The van der Waals surface area contributed by atoms with Crippen LogP contribution in [0.25, 0.3) is 11.3 Å². The van der Waals surface area contributed by atoms with Gasteiger partial charge in [-0.15, -0.1) is 0 Å². The van der Waals surface area contributed by atoms with Gasteiger partial charge in [-0.05, 0) is 44.7 Å². The maximum Gasteiger partial charge on any atom is 0.212 e. The van der Waals surface area contributed by atoms with E-state index in [0.29, 0.717) is 11.3 Å². The third kappa shape index (κ3) is 2.23. The van der Waals surface area contributed by atoms with Gasteiger partial charge in [0.15, 0.2) is 6.20 Å². The normalized spacial score (nSPS) is 20.7. The molecule has 2 rings (SSSR count). The van der Waals surface area contributed by atoms with Crippen LogP contribution in [0.5, 0.6) is 0 Å². The van der Waals surface area contributed by atoms with Crippen LogP contribution in [0.3, 0.4) is 0 Å². The maximum atomic E-state index is 7.70. The molecular weight excluding hydrogens is 206 g/mol. The van der Waals surface area contributed by atoms with E-state index in [-0.39, 0.29) is 16.7 Å². The smallest absolute Gasteiger partial charge is 0.201 e. The highest BCUT2D eigenvalue weighted by Gasteiger charge is 2.14. The average Bonchev–Trinajstić information content (AvgIpc) is 2.44. The molecule has 0 aliphatic carbocycles. The van der Waals surface area contributed by atoms with E-state index in [1.165, 1.54) is 29.0 Å². The Bertz CT molecular complexity index is 829. The van der Waals surface area contributed by atoms with Crippen LogP contribution < -0.4 is 4.57 Å². The lowest BCUT2D eigenvalue weighted by Gasteiger charge is -2.07. The minimum atomic E-state index is -2.61. The molecule has 1 aromatic carbocycles. The first-order valence-electron chi connectivity index (χ1n) is 9.78. The summed E-state index contributed by atoms with van der Waals surface area (Å²) in [6.45, 7) is -5.70. The molecule has 0 fully saturated rings. The maximum absolute atomic E-state index is 7.70. The molecule has 17 heavy (non-hydrogen) atoms. The summed E-state index contributed by atoms with van der Waals surface area (Å²) in [5, 5.41) is 0. The Balaban J connectivity index is 2.80. The summed E-state index contributed by atoms with van der Waals surface area (Å²) in [6.07, 6.45) is 1.28. The summed E-state index contributed by atoms with van der Waals surface area (Å²) in [5.41, 5.74) is 1.37. The van der Waals surface area contributed by atoms with Crippen LogP contribution in [-0.2, 0) is 7.05 Å². The van der Waals surface area contributed by atoms with Crippen molar-refractivity contribution in [3.8, 4) is 11.3 Å². The molecule has 1 heterocycles. The number of rotatable bonds is 1. The highest BCUT2D eigenvalue weighted by Crippen LogP contribution is 2.23. The topological polar surface area (TPSA) is 3.88 Å². The summed E-state index contributed by atoms with van der Waals surface area (Å²) >= 11 is 0. The summed E-state index contributed by atoms with van der Waals surface area (Å²) in [7, 11) is 1.61. The fourth-order valence-electron chi connectivity index (χ4n) is 1.81. The van der Waals surface area contributed by atoms with E-state index >= 15 is 0 Å². The minimum Gasteiger partial charge on any atom is -0.201 e. The van der Waals surface area contributed by atoms with Crippen LogP contribution in [0, 0.1) is 27.5 Å². The van der Waals surface area contributed by atoms with Crippen LogP contribution in [0.1, 0.15) is 34.6 Å². The number of hydrogen-bond acceptors (Lipinski definition) is 0. The van der Waals surface area contributed by atoms with Crippen LogP contribution in [0.15, 0.2) is 30.5 Å². The summed E-state index contributed by atoms with van der Waals surface area (Å²) in [5.74, 6) is 0. The summed E-state index contributed by atoms with van der Waals surface area (Å²) in [6, 6.07) is 5.98. The number of aryl methyl sites for hydroxylation is 5. The third-order valence-electron chi connectivity index (χ3n) is 2.79. The van der Waals surface area contributed by atoms with E-state index in [1.807, 2.05) is 0 Å². The number of pyridine rings is 1. The van der Waals surface area contributed by atoms with Gasteiger partial charge >= 0.3 is 0 Å². The molecule has 0 saturated carbocycles. The molecule has 1 aromatic heterocycles. The van der Waals surface area contributed by atoms with Crippen molar-refractivity contribution in [3.63, 3.8) is 0 Å². The molecule has 1 nitrogen and oxygen atoms in total. The van der Waals surface area contributed by atoms with Gasteiger partial charge in [0.1, 0.15) is 7.05 Å². The highest BCUT2D eigenvalue weighted by atomic mass is 14.9. The van der Waals surface area contributed by atoms with Gasteiger partial charge in [0.05, 0.1) is 0 Å². The number of nitrogens with zero attached hydrogens (tertiary/aromatic N) is 1. The molecule has 0 atom stereocenters. The molecule has 88 valence electrons. The SMILES string of the molecule is [2H]C([2H])([2H])c1ccc(C)c(-c2cc(C([2H])([2H])[2H])c(C([2H])([2H])[2H])c[n+]2C)c1. The largest absolute Gasteiger partial charge is 0.212 e. The summed E-state index contributed by atoms with van der Waals surface area (Å²) < 4.78 is 70.2. The van der Waals surface area contributed by atoms with Crippen molar-refractivity contribution in [1.82, 2.24) is 0 Å². The first-order valence-corrected chi connectivity index (χ1v) is 5.28. The zero-order valence-electron chi connectivity index (χ0n) is 18.8. The van der Waals surface area contributed by atoms with Gasteiger partial charge in [-0.3, -0.25) is 0 Å². The molecule has 0 radical (unpaired) electrons. The molecular formula is C16H20N+. The zero-order chi connectivity index (χ0) is 20.1. The van der Waals surface area contributed by atoms with Crippen LogP contribution in [0.4, 0.5) is 0 Å². The Morgan fingerprint density at radius 3 is 2.53 bits per heavy atom. The van der Waals surface area contributed by atoms with E-state index in [9.17, 15) is 0 Å². The Hall–Kier alpha value is -1.63. The van der Waals surface area contributed by atoms with Crippen molar-refractivity contribution in [2.24, 2.45) is 7.05 Å². The number of benzene rings is 1. The second-order valence-electron chi connectivity index (χ2n) is 4.13. The molecule has 0 unspecified atom stereocenters. The second kappa shape index (κ2) is 4.33. The van der Waals surface area contributed by atoms with E-state index in [2.05, 4.69) is 0 Å². The third-order valence-corrected chi connectivity index (χ3v) is 2.79. The standard InChI is InChI=1S/C16H20N/c1-11-6-7-12(2)15(8-11)16-9-13(3)14(4)10-17(16)5/h6-10H,1-5H3/q+1/i1D3,3D3,4D3. The molecule has 0 spiro atoms.